The number of anilines is 3. The van der Waals surface area contributed by atoms with Gasteiger partial charge >= 0.3 is 0 Å². The molecule has 1 aromatic carbocycles. The van der Waals surface area contributed by atoms with Gasteiger partial charge in [0, 0.05) is 30.4 Å². The first-order chi connectivity index (χ1) is 14.7. The fraction of sp³-hybridized carbons (Fsp3) is 0.238. The lowest BCUT2D eigenvalue weighted by Crippen LogP contribution is -2.36. The second-order valence-electron chi connectivity index (χ2n) is 6.68. The van der Waals surface area contributed by atoms with Crippen LogP contribution >= 0.6 is 0 Å². The predicted octanol–water partition coefficient (Wildman–Crippen LogP) is 1.76. The predicted molar refractivity (Wildman–Crippen MR) is 115 cm³/mol. The van der Waals surface area contributed by atoms with Gasteiger partial charge in [0.25, 0.3) is 5.91 Å². The third-order valence-electron chi connectivity index (χ3n) is 4.70. The number of pyridine rings is 1. The number of nitrogens with one attached hydrogen (secondary N) is 2. The Kier molecular flexibility index (Phi) is 6.11. The van der Waals surface area contributed by atoms with Gasteiger partial charge in [0.15, 0.2) is 0 Å². The van der Waals surface area contributed by atoms with Crippen molar-refractivity contribution in [2.24, 2.45) is 5.73 Å². The maximum Gasteiger partial charge on any atom is 0.252 e. The minimum absolute atomic E-state index is 0.101. The van der Waals surface area contributed by atoms with Gasteiger partial charge in [-0.25, -0.2) is 15.0 Å². The largest absolute Gasteiger partial charge is 0.378 e. The number of carbonyl (C=O) groups excluding carboxylic acids is 1. The molecule has 1 amide bonds. The van der Waals surface area contributed by atoms with Gasteiger partial charge in [0.1, 0.15) is 5.82 Å². The van der Waals surface area contributed by atoms with E-state index in [9.17, 15) is 4.79 Å². The Morgan fingerprint density at radius 1 is 1.07 bits per heavy atom. The van der Waals surface area contributed by atoms with Crippen molar-refractivity contribution in [3.05, 3.63) is 60.4 Å². The Morgan fingerprint density at radius 2 is 1.87 bits per heavy atom. The van der Waals surface area contributed by atoms with Gasteiger partial charge in [-0.3, -0.25) is 4.79 Å². The summed E-state index contributed by atoms with van der Waals surface area (Å²) in [4.78, 5) is 27.4. The molecule has 0 bridgehead atoms. The number of benzene rings is 1. The fourth-order valence-electron chi connectivity index (χ4n) is 3.14. The summed E-state index contributed by atoms with van der Waals surface area (Å²) < 4.78 is 5.38. The molecule has 0 spiro atoms. The SMILES string of the molecule is NCNC(=O)c1ccc(-c2ccnc(Nc3ccc(N4CCOCC4)nc3)n2)cc1. The van der Waals surface area contributed by atoms with E-state index in [1.807, 2.05) is 30.3 Å². The van der Waals surface area contributed by atoms with Crippen LogP contribution in [0.1, 0.15) is 10.4 Å². The third-order valence-corrected chi connectivity index (χ3v) is 4.70. The molecule has 3 aromatic rings. The zero-order chi connectivity index (χ0) is 20.8. The maximum atomic E-state index is 11.8. The highest BCUT2D eigenvalue weighted by Gasteiger charge is 2.12. The summed E-state index contributed by atoms with van der Waals surface area (Å²) >= 11 is 0. The van der Waals surface area contributed by atoms with E-state index < -0.39 is 0 Å². The number of rotatable bonds is 6. The van der Waals surface area contributed by atoms with Crippen molar-refractivity contribution in [1.82, 2.24) is 20.3 Å². The number of amides is 1. The number of nitrogens with zero attached hydrogens (tertiary/aromatic N) is 4. The summed E-state index contributed by atoms with van der Waals surface area (Å²) in [6, 6.07) is 12.9. The Hall–Kier alpha value is -3.56. The number of hydrogen-bond acceptors (Lipinski definition) is 8. The molecule has 1 aliphatic rings. The highest BCUT2D eigenvalue weighted by atomic mass is 16.5. The standard InChI is InChI=1S/C21H23N7O2/c22-14-25-20(29)16-3-1-15(2-4-16)18-7-8-23-21(27-18)26-17-5-6-19(24-13-17)28-9-11-30-12-10-28/h1-8,13H,9-12,14,22H2,(H,25,29)(H,23,26,27). The fourth-order valence-corrected chi connectivity index (χ4v) is 3.14. The molecule has 0 unspecified atom stereocenters. The van der Waals surface area contributed by atoms with Crippen LogP contribution in [0.5, 0.6) is 0 Å². The van der Waals surface area contributed by atoms with E-state index in [1.54, 1.807) is 24.5 Å². The molecule has 9 nitrogen and oxygen atoms in total. The quantitative estimate of drug-likeness (QED) is 0.531. The Balaban J connectivity index is 1.45. The van der Waals surface area contributed by atoms with Crippen LogP contribution in [0.4, 0.5) is 17.5 Å². The second kappa shape index (κ2) is 9.29. The first-order valence-corrected chi connectivity index (χ1v) is 9.70. The number of nitrogens with two attached hydrogens (primary N) is 1. The average Bonchev–Trinajstić information content (AvgIpc) is 2.81. The molecule has 0 radical (unpaired) electrons. The first-order valence-electron chi connectivity index (χ1n) is 9.70. The highest BCUT2D eigenvalue weighted by molar-refractivity contribution is 5.94. The lowest BCUT2D eigenvalue weighted by Gasteiger charge is -2.27. The normalized spacial score (nSPS) is 13.7. The Labute approximate surface area is 174 Å². The summed E-state index contributed by atoms with van der Waals surface area (Å²) in [6.07, 6.45) is 3.46. The minimum Gasteiger partial charge on any atom is -0.378 e. The number of hydrogen-bond donors (Lipinski definition) is 3. The van der Waals surface area contributed by atoms with Gasteiger partial charge in [-0.2, -0.15) is 0 Å². The van der Waals surface area contributed by atoms with Crippen LogP contribution in [0.3, 0.4) is 0 Å². The van der Waals surface area contributed by atoms with E-state index in [0.29, 0.717) is 11.5 Å². The summed E-state index contributed by atoms with van der Waals surface area (Å²) in [6.45, 7) is 3.24. The molecule has 4 rings (SSSR count). The minimum atomic E-state index is -0.206. The Morgan fingerprint density at radius 3 is 2.57 bits per heavy atom. The molecule has 2 aromatic heterocycles. The van der Waals surface area contributed by atoms with E-state index in [4.69, 9.17) is 10.5 Å². The number of ether oxygens (including phenoxy) is 1. The molecule has 1 saturated heterocycles. The monoisotopic (exact) mass is 405 g/mol. The lowest BCUT2D eigenvalue weighted by atomic mass is 10.1. The van der Waals surface area contributed by atoms with E-state index in [2.05, 4.69) is 30.5 Å². The zero-order valence-electron chi connectivity index (χ0n) is 16.4. The van der Waals surface area contributed by atoms with Crippen LogP contribution < -0.4 is 21.3 Å². The van der Waals surface area contributed by atoms with Gasteiger partial charge in [-0.15, -0.1) is 0 Å². The van der Waals surface area contributed by atoms with Crippen LogP contribution in [0, 0.1) is 0 Å². The number of carbonyl (C=O) groups is 1. The van der Waals surface area contributed by atoms with Gasteiger partial charge in [-0.05, 0) is 30.3 Å². The van der Waals surface area contributed by atoms with Crippen molar-refractivity contribution in [3.63, 3.8) is 0 Å². The summed E-state index contributed by atoms with van der Waals surface area (Å²) in [7, 11) is 0. The summed E-state index contributed by atoms with van der Waals surface area (Å²) in [5.41, 5.74) is 8.32. The van der Waals surface area contributed by atoms with Crippen molar-refractivity contribution in [1.29, 1.82) is 0 Å². The molecule has 0 saturated carbocycles. The highest BCUT2D eigenvalue weighted by Crippen LogP contribution is 2.21. The average molecular weight is 405 g/mol. The summed E-state index contributed by atoms with van der Waals surface area (Å²) in [5.74, 6) is 1.19. The van der Waals surface area contributed by atoms with Crippen molar-refractivity contribution in [3.8, 4) is 11.3 Å². The van der Waals surface area contributed by atoms with Crippen LogP contribution in [0.15, 0.2) is 54.9 Å². The van der Waals surface area contributed by atoms with Gasteiger partial charge in [0.05, 0.1) is 37.5 Å². The van der Waals surface area contributed by atoms with Gasteiger partial charge in [-0.1, -0.05) is 12.1 Å². The molecule has 9 heteroatoms. The smallest absolute Gasteiger partial charge is 0.252 e. The van der Waals surface area contributed by atoms with E-state index in [-0.39, 0.29) is 12.6 Å². The van der Waals surface area contributed by atoms with Crippen LogP contribution in [-0.2, 0) is 4.74 Å². The number of morpholine rings is 1. The lowest BCUT2D eigenvalue weighted by molar-refractivity contribution is 0.0955. The van der Waals surface area contributed by atoms with Gasteiger partial charge < -0.3 is 26.0 Å². The summed E-state index contributed by atoms with van der Waals surface area (Å²) in [5, 5.41) is 5.75. The van der Waals surface area contributed by atoms with Crippen molar-refractivity contribution < 1.29 is 9.53 Å². The van der Waals surface area contributed by atoms with Crippen molar-refractivity contribution in [2.45, 2.75) is 0 Å². The van der Waals surface area contributed by atoms with Crippen molar-refractivity contribution >= 4 is 23.4 Å². The molecule has 30 heavy (non-hydrogen) atoms. The molecule has 154 valence electrons. The molecule has 1 aliphatic heterocycles. The molecule has 3 heterocycles. The van der Waals surface area contributed by atoms with E-state index in [1.165, 1.54) is 0 Å². The molecular weight excluding hydrogens is 382 g/mol. The molecular formula is C21H23N7O2. The second-order valence-corrected chi connectivity index (χ2v) is 6.68. The molecule has 0 atom stereocenters. The Bertz CT molecular complexity index is 987. The van der Waals surface area contributed by atoms with E-state index >= 15 is 0 Å². The molecule has 0 aliphatic carbocycles. The van der Waals surface area contributed by atoms with Gasteiger partial charge in [0.2, 0.25) is 5.95 Å². The van der Waals surface area contributed by atoms with Crippen LogP contribution in [-0.4, -0.2) is 53.8 Å². The first kappa shape index (κ1) is 19.7. The third kappa shape index (κ3) is 4.70. The molecule has 4 N–H and O–H groups in total. The zero-order valence-corrected chi connectivity index (χ0v) is 16.4. The van der Waals surface area contributed by atoms with Crippen molar-refractivity contribution in [2.75, 3.05) is 43.2 Å². The molecule has 1 fully saturated rings. The maximum absolute atomic E-state index is 11.8. The number of aromatic nitrogens is 3. The topological polar surface area (TPSA) is 118 Å². The van der Waals surface area contributed by atoms with Crippen LogP contribution in [0.25, 0.3) is 11.3 Å². The van der Waals surface area contributed by atoms with Crippen LogP contribution in [0.2, 0.25) is 0 Å². The van der Waals surface area contributed by atoms with E-state index in [0.717, 1.165) is 49.1 Å².